The highest BCUT2D eigenvalue weighted by molar-refractivity contribution is 9.09. The molecule has 0 spiro atoms. The first-order valence-electron chi connectivity index (χ1n) is 12.5. The van der Waals surface area contributed by atoms with Gasteiger partial charge in [-0.1, -0.05) is 28.1 Å². The topological polar surface area (TPSA) is 163 Å². The molecule has 0 radical (unpaired) electrons. The Morgan fingerprint density at radius 3 is 1.46 bits per heavy atom. The lowest BCUT2D eigenvalue weighted by Gasteiger charge is -2.09. The van der Waals surface area contributed by atoms with Crippen LogP contribution < -0.4 is 4.74 Å². The van der Waals surface area contributed by atoms with Crippen LogP contribution in [0.15, 0.2) is 36.4 Å². The second kappa shape index (κ2) is 23.2. The van der Waals surface area contributed by atoms with E-state index in [0.29, 0.717) is 53.9 Å². The molecule has 5 N–H and O–H groups in total. The first kappa shape index (κ1) is 36.3. The van der Waals surface area contributed by atoms with E-state index < -0.39 is 0 Å². The third-order valence-electron chi connectivity index (χ3n) is 5.06. The fourth-order valence-electron chi connectivity index (χ4n) is 3.05. The summed E-state index contributed by atoms with van der Waals surface area (Å²) in [6.07, 6.45) is 4.33. The average molecular weight is 618 g/mol. The molecule has 0 aliphatic heterocycles. The molecule has 0 unspecified atom stereocenters. The fourth-order valence-corrected chi connectivity index (χ4v) is 3.45. The number of hydrogen-bond donors (Lipinski definition) is 5. The molecule has 11 heteroatoms. The molecule has 0 fully saturated rings. The minimum absolute atomic E-state index is 0.0700. The van der Waals surface area contributed by atoms with Crippen LogP contribution in [0, 0.1) is 0 Å². The van der Waals surface area contributed by atoms with Crippen molar-refractivity contribution < 1.29 is 49.3 Å². The lowest BCUT2D eigenvalue weighted by molar-refractivity contribution is -0.141. The summed E-state index contributed by atoms with van der Waals surface area (Å²) in [5.41, 5.74) is 2.62. The second-order valence-corrected chi connectivity index (χ2v) is 9.02. The van der Waals surface area contributed by atoms with Crippen molar-refractivity contribution in [1.82, 2.24) is 0 Å². The van der Waals surface area contributed by atoms with E-state index >= 15 is 0 Å². The van der Waals surface area contributed by atoms with E-state index in [-0.39, 0.29) is 44.1 Å². The number of rotatable bonds is 14. The summed E-state index contributed by atoms with van der Waals surface area (Å²) < 4.78 is 14.5. The Morgan fingerprint density at radius 2 is 1.08 bits per heavy atom. The van der Waals surface area contributed by atoms with Crippen molar-refractivity contribution in [3.63, 3.8) is 0 Å². The monoisotopic (exact) mass is 616 g/mol. The number of unbranched alkanes of at least 4 members (excludes halogenated alkanes) is 2. The van der Waals surface area contributed by atoms with Crippen molar-refractivity contribution >= 4 is 27.9 Å². The Kier molecular flexibility index (Phi) is 21.6. The smallest absolute Gasteiger partial charge is 0.305 e. The Morgan fingerprint density at radius 1 is 0.667 bits per heavy atom. The summed E-state index contributed by atoms with van der Waals surface area (Å²) in [4.78, 5) is 21.3. The number of phenols is 1. The van der Waals surface area contributed by atoms with Crippen LogP contribution in [0.2, 0.25) is 0 Å². The van der Waals surface area contributed by atoms with Crippen LogP contribution >= 0.6 is 15.9 Å². The molecule has 39 heavy (non-hydrogen) atoms. The van der Waals surface area contributed by atoms with E-state index in [2.05, 4.69) is 25.4 Å². The number of hydrogen-bond acceptors (Lipinski definition) is 10. The predicted octanol–water partition coefficient (Wildman–Crippen LogP) is 3.49. The van der Waals surface area contributed by atoms with Crippen molar-refractivity contribution in [2.45, 2.75) is 65.0 Å². The number of phenolic OH excluding ortho intramolecular Hbond substituents is 1. The van der Waals surface area contributed by atoms with Crippen LogP contribution in [0.25, 0.3) is 0 Å². The van der Waals surface area contributed by atoms with Crippen LogP contribution in [-0.2, 0) is 45.5 Å². The van der Waals surface area contributed by atoms with Gasteiger partial charge in [0, 0.05) is 18.2 Å². The molecule has 0 aliphatic carbocycles. The van der Waals surface area contributed by atoms with Gasteiger partial charge in [-0.2, -0.15) is 0 Å². The minimum atomic E-state index is -0.218. The SMILES string of the molecule is COC(=O)CCCCBr.COC(=O)CCCCOc1cc(CO)cc(CO)c1.OCc1cc(O)cc(CO)c1. The maximum atomic E-state index is 10.9. The Hall–Kier alpha value is -2.70. The number of carbonyl (C=O) groups excluding carboxylic acids is 2. The molecule has 0 aromatic heterocycles. The number of halogens is 1. The highest BCUT2D eigenvalue weighted by Crippen LogP contribution is 2.18. The van der Waals surface area contributed by atoms with Crippen LogP contribution in [0.4, 0.5) is 0 Å². The standard InChI is InChI=1S/C14H20O5.C8H10O3.C6H11BrO2/c1-18-14(17)4-2-3-5-19-13-7-11(9-15)6-12(8-13)10-16;9-4-6-1-7(5-10)3-8(11)2-6;1-9-6(8)4-2-3-5-7/h6-8,15-16H,2-5,9-10H2,1H3;1-3,9-11H,4-5H2;2-5H2,1H3. The number of aliphatic hydroxyl groups is 4. The van der Waals surface area contributed by atoms with Gasteiger partial charge in [0.05, 0.1) is 47.3 Å². The Bertz CT molecular complexity index is 907. The van der Waals surface area contributed by atoms with E-state index in [9.17, 15) is 9.59 Å². The summed E-state index contributed by atoms with van der Waals surface area (Å²) in [5.74, 6) is 0.357. The first-order chi connectivity index (χ1) is 18.8. The number of methoxy groups -OCH3 is 2. The zero-order valence-corrected chi connectivity index (χ0v) is 24.2. The largest absolute Gasteiger partial charge is 0.508 e. The van der Waals surface area contributed by atoms with Gasteiger partial charge in [-0.05, 0) is 72.2 Å². The zero-order valence-electron chi connectivity index (χ0n) is 22.6. The highest BCUT2D eigenvalue weighted by Gasteiger charge is 2.03. The first-order valence-corrected chi connectivity index (χ1v) is 13.6. The number of benzene rings is 2. The molecular formula is C28H41BrO10. The van der Waals surface area contributed by atoms with Crippen molar-refractivity contribution in [2.24, 2.45) is 0 Å². The molecule has 0 amide bonds. The minimum Gasteiger partial charge on any atom is -0.508 e. The van der Waals surface area contributed by atoms with E-state index in [1.54, 1.807) is 24.3 Å². The van der Waals surface area contributed by atoms with Gasteiger partial charge >= 0.3 is 11.9 Å². The molecule has 2 aromatic rings. The Labute approximate surface area is 238 Å². The zero-order chi connectivity index (χ0) is 29.5. The molecule has 2 rings (SSSR count). The van der Waals surface area contributed by atoms with Crippen molar-refractivity contribution in [2.75, 3.05) is 26.2 Å². The van der Waals surface area contributed by atoms with Gasteiger partial charge < -0.3 is 39.7 Å². The Balaban J connectivity index is 0.000000612. The third kappa shape index (κ3) is 18.3. The van der Waals surface area contributed by atoms with Gasteiger partial charge in [-0.25, -0.2) is 0 Å². The molecular weight excluding hydrogens is 576 g/mol. The van der Waals surface area contributed by atoms with Gasteiger partial charge in [0.15, 0.2) is 0 Å². The van der Waals surface area contributed by atoms with E-state index in [1.165, 1.54) is 26.4 Å². The lowest BCUT2D eigenvalue weighted by atomic mass is 10.1. The summed E-state index contributed by atoms with van der Waals surface area (Å²) in [7, 11) is 2.78. The summed E-state index contributed by atoms with van der Waals surface area (Å²) >= 11 is 3.27. The maximum absolute atomic E-state index is 10.9. The van der Waals surface area contributed by atoms with Gasteiger partial charge in [-0.15, -0.1) is 0 Å². The molecule has 0 bridgehead atoms. The van der Waals surface area contributed by atoms with Crippen LogP contribution in [-0.4, -0.2) is 63.6 Å². The molecule has 2 aromatic carbocycles. The van der Waals surface area contributed by atoms with E-state index in [0.717, 1.165) is 24.6 Å². The molecule has 0 atom stereocenters. The lowest BCUT2D eigenvalue weighted by Crippen LogP contribution is -2.03. The number of alkyl halides is 1. The maximum Gasteiger partial charge on any atom is 0.305 e. The van der Waals surface area contributed by atoms with Crippen LogP contribution in [0.1, 0.15) is 60.8 Å². The number of carbonyl (C=O) groups is 2. The number of aliphatic hydroxyl groups excluding tert-OH is 4. The average Bonchev–Trinajstić information content (AvgIpc) is 2.96. The van der Waals surface area contributed by atoms with Crippen molar-refractivity contribution in [1.29, 1.82) is 0 Å². The quantitative estimate of drug-likeness (QED) is 0.121. The number of ether oxygens (including phenoxy) is 3. The summed E-state index contributed by atoms with van der Waals surface area (Å²) in [6, 6.07) is 9.75. The normalized spacial score (nSPS) is 9.92. The van der Waals surface area contributed by atoms with Crippen molar-refractivity contribution in [3.8, 4) is 11.5 Å². The van der Waals surface area contributed by atoms with Crippen LogP contribution in [0.5, 0.6) is 11.5 Å². The molecule has 0 heterocycles. The fraction of sp³-hybridized carbons (Fsp3) is 0.500. The molecule has 0 saturated carbocycles. The molecule has 0 saturated heterocycles. The van der Waals surface area contributed by atoms with Gasteiger partial charge in [-0.3, -0.25) is 9.59 Å². The van der Waals surface area contributed by atoms with Crippen molar-refractivity contribution in [3.05, 3.63) is 58.7 Å². The van der Waals surface area contributed by atoms with E-state index in [4.69, 9.17) is 30.3 Å². The van der Waals surface area contributed by atoms with Gasteiger partial charge in [0.25, 0.3) is 0 Å². The number of esters is 2. The predicted molar refractivity (Wildman–Crippen MR) is 149 cm³/mol. The van der Waals surface area contributed by atoms with E-state index in [1.807, 2.05) is 0 Å². The third-order valence-corrected chi connectivity index (χ3v) is 5.62. The van der Waals surface area contributed by atoms with Gasteiger partial charge in [0.2, 0.25) is 0 Å². The van der Waals surface area contributed by atoms with Crippen LogP contribution in [0.3, 0.4) is 0 Å². The summed E-state index contributed by atoms with van der Waals surface area (Å²) in [6.45, 7) is 0.0542. The highest BCUT2D eigenvalue weighted by atomic mass is 79.9. The number of aromatic hydroxyl groups is 1. The second-order valence-electron chi connectivity index (χ2n) is 8.23. The summed E-state index contributed by atoms with van der Waals surface area (Å²) in [5, 5.41) is 45.6. The molecule has 10 nitrogen and oxygen atoms in total. The molecule has 220 valence electrons. The molecule has 0 aliphatic rings. The van der Waals surface area contributed by atoms with Gasteiger partial charge in [0.1, 0.15) is 11.5 Å².